The molecule has 1 aromatic carbocycles. The highest BCUT2D eigenvalue weighted by Gasteiger charge is 2.23. The lowest BCUT2D eigenvalue weighted by Gasteiger charge is -2.13. The van der Waals surface area contributed by atoms with Crippen LogP contribution in [0.15, 0.2) is 24.3 Å². The van der Waals surface area contributed by atoms with E-state index in [2.05, 4.69) is 17.2 Å². The number of rotatable bonds is 5. The van der Waals surface area contributed by atoms with Gasteiger partial charge in [0.15, 0.2) is 0 Å². The van der Waals surface area contributed by atoms with Crippen LogP contribution in [0.25, 0.3) is 0 Å². The van der Waals surface area contributed by atoms with Crippen LogP contribution in [0, 0.1) is 6.92 Å². The van der Waals surface area contributed by atoms with Gasteiger partial charge in [-0.2, -0.15) is 5.10 Å². The quantitative estimate of drug-likeness (QED) is 0.906. The van der Waals surface area contributed by atoms with Crippen molar-refractivity contribution in [3.63, 3.8) is 0 Å². The SMILES string of the molecule is CCn1nc(C)c(Cl)c1CC(O)c1ccc(C2CC2)cc1. The van der Waals surface area contributed by atoms with Crippen molar-refractivity contribution in [2.24, 2.45) is 0 Å². The zero-order chi connectivity index (χ0) is 15.0. The fourth-order valence-corrected chi connectivity index (χ4v) is 2.98. The van der Waals surface area contributed by atoms with Crippen LogP contribution in [-0.4, -0.2) is 14.9 Å². The van der Waals surface area contributed by atoms with Crippen LogP contribution in [0.3, 0.4) is 0 Å². The fourth-order valence-electron chi connectivity index (χ4n) is 2.77. The number of aryl methyl sites for hydroxylation is 2. The Bertz CT molecular complexity index is 629. The molecule has 0 spiro atoms. The van der Waals surface area contributed by atoms with Crippen LogP contribution < -0.4 is 0 Å². The molecule has 1 aliphatic rings. The number of halogens is 1. The lowest BCUT2D eigenvalue weighted by atomic mass is 10.0. The molecule has 0 amide bonds. The third-order valence-corrected chi connectivity index (χ3v) is 4.70. The maximum absolute atomic E-state index is 10.5. The molecule has 1 atom stereocenters. The summed E-state index contributed by atoms with van der Waals surface area (Å²) in [7, 11) is 0. The Balaban J connectivity index is 1.77. The van der Waals surface area contributed by atoms with E-state index in [4.69, 9.17) is 11.6 Å². The molecule has 3 rings (SSSR count). The van der Waals surface area contributed by atoms with Gasteiger partial charge >= 0.3 is 0 Å². The first-order chi connectivity index (χ1) is 10.1. The van der Waals surface area contributed by atoms with Gasteiger partial charge in [0.2, 0.25) is 0 Å². The van der Waals surface area contributed by atoms with E-state index in [-0.39, 0.29) is 0 Å². The zero-order valence-corrected chi connectivity index (χ0v) is 13.3. The first-order valence-corrected chi connectivity index (χ1v) is 7.97. The molecule has 0 bridgehead atoms. The first-order valence-electron chi connectivity index (χ1n) is 7.59. The molecule has 4 heteroatoms. The summed E-state index contributed by atoms with van der Waals surface area (Å²) in [6.45, 7) is 4.69. The largest absolute Gasteiger partial charge is 0.388 e. The number of hydrogen-bond donors (Lipinski definition) is 1. The van der Waals surface area contributed by atoms with Gasteiger partial charge in [0.25, 0.3) is 0 Å². The lowest BCUT2D eigenvalue weighted by molar-refractivity contribution is 0.175. The summed E-state index contributed by atoms with van der Waals surface area (Å²) in [4.78, 5) is 0. The highest BCUT2D eigenvalue weighted by atomic mass is 35.5. The summed E-state index contributed by atoms with van der Waals surface area (Å²) in [5.74, 6) is 0.745. The third-order valence-electron chi connectivity index (χ3n) is 4.21. The van der Waals surface area contributed by atoms with Gasteiger partial charge < -0.3 is 5.11 Å². The van der Waals surface area contributed by atoms with Gasteiger partial charge in [-0.1, -0.05) is 35.9 Å². The molecule has 1 saturated carbocycles. The molecule has 1 unspecified atom stereocenters. The van der Waals surface area contributed by atoms with Crippen molar-refractivity contribution < 1.29 is 5.11 Å². The van der Waals surface area contributed by atoms with Crippen LogP contribution in [0.4, 0.5) is 0 Å². The summed E-state index contributed by atoms with van der Waals surface area (Å²) >= 11 is 6.30. The van der Waals surface area contributed by atoms with Gasteiger partial charge in [0, 0.05) is 13.0 Å². The van der Waals surface area contributed by atoms with Crippen molar-refractivity contribution in [2.45, 2.75) is 51.7 Å². The van der Waals surface area contributed by atoms with E-state index in [1.54, 1.807) is 0 Å². The van der Waals surface area contributed by atoms with E-state index in [9.17, 15) is 5.11 Å². The minimum absolute atomic E-state index is 0.496. The summed E-state index contributed by atoms with van der Waals surface area (Å²) in [5, 5.41) is 15.5. The summed E-state index contributed by atoms with van der Waals surface area (Å²) in [6.07, 6.45) is 2.55. The highest BCUT2D eigenvalue weighted by molar-refractivity contribution is 6.31. The predicted octanol–water partition coefficient (Wildman–Crippen LogP) is 4.02. The molecular formula is C17H21ClN2O. The summed E-state index contributed by atoms with van der Waals surface area (Å²) in [6, 6.07) is 8.35. The van der Waals surface area contributed by atoms with Crippen molar-refractivity contribution in [1.29, 1.82) is 0 Å². The monoisotopic (exact) mass is 304 g/mol. The molecule has 0 aliphatic heterocycles. The van der Waals surface area contributed by atoms with Crippen LogP contribution in [0.5, 0.6) is 0 Å². The topological polar surface area (TPSA) is 38.0 Å². The minimum Gasteiger partial charge on any atom is -0.388 e. The Morgan fingerprint density at radius 2 is 2.00 bits per heavy atom. The van der Waals surface area contributed by atoms with Crippen LogP contribution >= 0.6 is 11.6 Å². The smallest absolute Gasteiger partial charge is 0.0848 e. The van der Waals surface area contributed by atoms with Crippen molar-refractivity contribution in [3.05, 3.63) is 51.8 Å². The average Bonchev–Trinajstić information content (AvgIpc) is 3.30. The van der Waals surface area contributed by atoms with Gasteiger partial charge in [-0.25, -0.2) is 0 Å². The number of benzene rings is 1. The maximum Gasteiger partial charge on any atom is 0.0848 e. The average molecular weight is 305 g/mol. The number of aromatic nitrogens is 2. The predicted molar refractivity (Wildman–Crippen MR) is 84.7 cm³/mol. The number of hydrogen-bond acceptors (Lipinski definition) is 2. The molecular weight excluding hydrogens is 284 g/mol. The highest BCUT2D eigenvalue weighted by Crippen LogP contribution is 2.40. The van der Waals surface area contributed by atoms with Crippen molar-refractivity contribution in [1.82, 2.24) is 9.78 Å². The van der Waals surface area contributed by atoms with E-state index >= 15 is 0 Å². The molecule has 0 radical (unpaired) electrons. The molecule has 3 nitrogen and oxygen atoms in total. The first kappa shape index (κ1) is 14.6. The Kier molecular flexibility index (Phi) is 4.05. The van der Waals surface area contributed by atoms with Crippen LogP contribution in [0.1, 0.15) is 54.3 Å². The Hall–Kier alpha value is -1.32. The van der Waals surface area contributed by atoms with Gasteiger partial charge in [0.1, 0.15) is 0 Å². The molecule has 1 fully saturated rings. The summed E-state index contributed by atoms with van der Waals surface area (Å²) in [5.41, 5.74) is 4.07. The van der Waals surface area contributed by atoms with E-state index in [0.29, 0.717) is 11.4 Å². The van der Waals surface area contributed by atoms with E-state index in [1.165, 1.54) is 18.4 Å². The van der Waals surface area contributed by atoms with Crippen molar-refractivity contribution >= 4 is 11.6 Å². The van der Waals surface area contributed by atoms with Gasteiger partial charge in [-0.15, -0.1) is 0 Å². The molecule has 112 valence electrons. The zero-order valence-electron chi connectivity index (χ0n) is 12.5. The second-order valence-corrected chi connectivity index (χ2v) is 6.20. The van der Waals surface area contributed by atoms with Gasteiger partial charge in [-0.05, 0) is 43.7 Å². The number of nitrogens with zero attached hydrogens (tertiary/aromatic N) is 2. The van der Waals surface area contributed by atoms with Crippen molar-refractivity contribution in [3.8, 4) is 0 Å². The minimum atomic E-state index is -0.544. The molecule has 2 aromatic rings. The van der Waals surface area contributed by atoms with E-state index < -0.39 is 6.10 Å². The van der Waals surface area contributed by atoms with Gasteiger partial charge in [-0.3, -0.25) is 4.68 Å². The molecule has 1 heterocycles. The third kappa shape index (κ3) is 2.99. The van der Waals surface area contributed by atoms with Crippen LogP contribution in [-0.2, 0) is 13.0 Å². The van der Waals surface area contributed by atoms with Gasteiger partial charge in [0.05, 0.1) is 22.5 Å². The Morgan fingerprint density at radius 3 is 2.57 bits per heavy atom. The summed E-state index contributed by atoms with van der Waals surface area (Å²) < 4.78 is 1.87. The molecule has 1 aliphatic carbocycles. The maximum atomic E-state index is 10.5. The molecule has 1 aromatic heterocycles. The van der Waals surface area contributed by atoms with Crippen molar-refractivity contribution in [2.75, 3.05) is 0 Å². The Morgan fingerprint density at radius 1 is 1.33 bits per heavy atom. The second kappa shape index (κ2) is 5.82. The van der Waals surface area contributed by atoms with E-state index in [1.807, 2.05) is 30.7 Å². The standard InChI is InChI=1S/C17H21ClN2O/c1-3-20-15(17(18)11(2)19-20)10-16(21)14-8-6-13(7-9-14)12-4-5-12/h6-9,12,16,21H,3-5,10H2,1-2H3. The lowest BCUT2D eigenvalue weighted by Crippen LogP contribution is -2.09. The fraction of sp³-hybridized carbons (Fsp3) is 0.471. The number of aliphatic hydroxyl groups excluding tert-OH is 1. The molecule has 1 N–H and O–H groups in total. The Labute approximate surface area is 130 Å². The van der Waals surface area contributed by atoms with Crippen LogP contribution in [0.2, 0.25) is 5.02 Å². The number of aliphatic hydroxyl groups is 1. The second-order valence-electron chi connectivity index (χ2n) is 5.82. The van der Waals surface area contributed by atoms with E-state index in [0.717, 1.165) is 29.4 Å². The normalized spacial score (nSPS) is 16.2. The molecule has 0 saturated heterocycles. The molecule has 21 heavy (non-hydrogen) atoms.